The Bertz CT molecular complexity index is 903. The molecular weight excluding hydrogens is 364 g/mol. The predicted molar refractivity (Wildman–Crippen MR) is 108 cm³/mol. The van der Waals surface area contributed by atoms with Crippen LogP contribution in [0.3, 0.4) is 0 Å². The lowest BCUT2D eigenvalue weighted by molar-refractivity contribution is 0.00473. The summed E-state index contributed by atoms with van der Waals surface area (Å²) in [6.45, 7) is 0.267. The molecule has 5 heteroatoms. The van der Waals surface area contributed by atoms with Crippen molar-refractivity contribution in [2.45, 2.75) is 50.8 Å². The molecule has 2 aromatic rings. The third-order valence-corrected chi connectivity index (χ3v) is 6.06. The van der Waals surface area contributed by atoms with Crippen LogP contribution in [0.1, 0.15) is 53.6 Å². The van der Waals surface area contributed by atoms with Crippen LogP contribution in [0.5, 0.6) is 0 Å². The van der Waals surface area contributed by atoms with Crippen molar-refractivity contribution in [1.82, 2.24) is 4.90 Å². The number of ether oxygens (including phenoxy) is 1. The number of carbonyl (C=O) groups is 2. The standard InChI is InChI=1S/C24H24N2O3/c25-15-17-9-11-19(12-10-17)23(27)20-13-21-7-4-8-22(14-20)26(21)24(28)29-16-18-5-2-1-3-6-18/h1-3,5-6,9-12,20-22H,4,7-8,13-14,16H2. The first-order valence-corrected chi connectivity index (χ1v) is 10.2. The van der Waals surface area contributed by atoms with Gasteiger partial charge in [-0.15, -0.1) is 0 Å². The van der Waals surface area contributed by atoms with E-state index in [0.717, 1.165) is 24.8 Å². The fraction of sp³-hybridized carbons (Fsp3) is 0.375. The quantitative estimate of drug-likeness (QED) is 0.711. The van der Waals surface area contributed by atoms with E-state index in [1.54, 1.807) is 24.3 Å². The first-order chi connectivity index (χ1) is 14.2. The van der Waals surface area contributed by atoms with Gasteiger partial charge in [-0.25, -0.2) is 4.79 Å². The lowest BCUT2D eigenvalue weighted by Gasteiger charge is -2.47. The maximum absolute atomic E-state index is 13.0. The molecule has 2 unspecified atom stereocenters. The molecule has 2 aliphatic rings. The highest BCUT2D eigenvalue weighted by atomic mass is 16.6. The summed E-state index contributed by atoms with van der Waals surface area (Å²) in [5, 5.41) is 8.94. The minimum Gasteiger partial charge on any atom is -0.445 e. The third kappa shape index (κ3) is 4.17. The van der Waals surface area contributed by atoms with Gasteiger partial charge in [-0.05, 0) is 49.8 Å². The summed E-state index contributed by atoms with van der Waals surface area (Å²) in [5.74, 6) is 0.0279. The van der Waals surface area contributed by atoms with Crippen LogP contribution in [0.25, 0.3) is 0 Å². The van der Waals surface area contributed by atoms with E-state index >= 15 is 0 Å². The van der Waals surface area contributed by atoms with Crippen LogP contribution in [0.15, 0.2) is 54.6 Å². The van der Waals surface area contributed by atoms with E-state index in [0.29, 0.717) is 24.0 Å². The van der Waals surface area contributed by atoms with E-state index in [1.165, 1.54) is 0 Å². The van der Waals surface area contributed by atoms with E-state index in [4.69, 9.17) is 10.00 Å². The van der Waals surface area contributed by atoms with Crippen molar-refractivity contribution in [2.24, 2.45) is 5.92 Å². The SMILES string of the molecule is N#Cc1ccc(C(=O)C2CC3CCCC(C2)N3C(=O)OCc2ccccc2)cc1. The Hall–Kier alpha value is -3.13. The monoisotopic (exact) mass is 388 g/mol. The average Bonchev–Trinajstić information content (AvgIpc) is 2.77. The van der Waals surface area contributed by atoms with E-state index in [2.05, 4.69) is 6.07 Å². The van der Waals surface area contributed by atoms with E-state index in [-0.39, 0.29) is 36.5 Å². The molecule has 2 atom stereocenters. The number of carbonyl (C=O) groups excluding carboxylic acids is 2. The molecule has 2 bridgehead atoms. The van der Waals surface area contributed by atoms with Gasteiger partial charge in [0.1, 0.15) is 6.61 Å². The maximum Gasteiger partial charge on any atom is 0.410 e. The van der Waals surface area contributed by atoms with Crippen LogP contribution in [0.4, 0.5) is 4.79 Å². The summed E-state index contributed by atoms with van der Waals surface area (Å²) < 4.78 is 5.58. The second-order valence-corrected chi connectivity index (χ2v) is 7.91. The summed E-state index contributed by atoms with van der Waals surface area (Å²) in [5.41, 5.74) is 2.17. The molecule has 0 spiro atoms. The Morgan fingerprint density at radius 3 is 2.28 bits per heavy atom. The Kier molecular flexibility index (Phi) is 5.62. The largest absolute Gasteiger partial charge is 0.445 e. The van der Waals surface area contributed by atoms with Crippen molar-refractivity contribution < 1.29 is 14.3 Å². The van der Waals surface area contributed by atoms with Crippen molar-refractivity contribution in [1.29, 1.82) is 5.26 Å². The Labute approximate surface area is 170 Å². The van der Waals surface area contributed by atoms with Gasteiger partial charge in [-0.1, -0.05) is 42.5 Å². The molecule has 29 heavy (non-hydrogen) atoms. The number of hydrogen-bond acceptors (Lipinski definition) is 4. The number of amides is 1. The molecule has 148 valence electrons. The van der Waals surface area contributed by atoms with Gasteiger partial charge in [0.2, 0.25) is 0 Å². The highest BCUT2D eigenvalue weighted by Gasteiger charge is 2.43. The second kappa shape index (κ2) is 8.48. The molecule has 0 N–H and O–H groups in total. The Morgan fingerprint density at radius 1 is 1.00 bits per heavy atom. The third-order valence-electron chi connectivity index (χ3n) is 6.06. The van der Waals surface area contributed by atoms with Crippen LogP contribution < -0.4 is 0 Å². The highest BCUT2D eigenvalue weighted by molar-refractivity contribution is 5.98. The fourth-order valence-electron chi connectivity index (χ4n) is 4.63. The van der Waals surface area contributed by atoms with Crippen LogP contribution in [-0.4, -0.2) is 28.9 Å². The van der Waals surface area contributed by atoms with Crippen molar-refractivity contribution in [3.63, 3.8) is 0 Å². The topological polar surface area (TPSA) is 70.4 Å². The van der Waals surface area contributed by atoms with Crippen molar-refractivity contribution in [3.8, 4) is 6.07 Å². The van der Waals surface area contributed by atoms with Crippen LogP contribution >= 0.6 is 0 Å². The zero-order valence-corrected chi connectivity index (χ0v) is 16.3. The van der Waals surface area contributed by atoms with Gasteiger partial charge < -0.3 is 9.64 Å². The lowest BCUT2D eigenvalue weighted by atomic mass is 9.76. The molecule has 0 radical (unpaired) electrons. The highest BCUT2D eigenvalue weighted by Crippen LogP contribution is 2.38. The molecule has 0 saturated carbocycles. The van der Waals surface area contributed by atoms with E-state index in [9.17, 15) is 9.59 Å². The Balaban J connectivity index is 1.42. The summed E-state index contributed by atoms with van der Waals surface area (Å²) in [6.07, 6.45) is 3.98. The van der Waals surface area contributed by atoms with Gasteiger partial charge in [0.15, 0.2) is 5.78 Å². The predicted octanol–water partition coefficient (Wildman–Crippen LogP) is 4.71. The number of nitrogens with zero attached hydrogens (tertiary/aromatic N) is 2. The number of ketones is 1. The molecule has 0 aromatic heterocycles. The molecule has 4 rings (SSSR count). The normalized spacial score (nSPS) is 23.1. The van der Waals surface area contributed by atoms with E-state index in [1.807, 2.05) is 35.2 Å². The minimum absolute atomic E-state index is 0.0538. The summed E-state index contributed by atoms with van der Waals surface area (Å²) in [7, 11) is 0. The van der Waals surface area contributed by atoms with Crippen molar-refractivity contribution in [2.75, 3.05) is 0 Å². The first-order valence-electron chi connectivity index (χ1n) is 10.2. The number of rotatable bonds is 4. The smallest absolute Gasteiger partial charge is 0.410 e. The Morgan fingerprint density at radius 2 is 1.66 bits per heavy atom. The van der Waals surface area contributed by atoms with Crippen molar-refractivity contribution >= 4 is 11.9 Å². The average molecular weight is 388 g/mol. The fourth-order valence-corrected chi connectivity index (χ4v) is 4.63. The molecule has 2 aromatic carbocycles. The van der Waals surface area contributed by atoms with Crippen LogP contribution in [-0.2, 0) is 11.3 Å². The molecule has 0 aliphatic carbocycles. The zero-order chi connectivity index (χ0) is 20.2. The van der Waals surface area contributed by atoms with Gasteiger partial charge in [0.25, 0.3) is 0 Å². The summed E-state index contributed by atoms with van der Waals surface area (Å²) >= 11 is 0. The molecule has 2 aliphatic heterocycles. The van der Waals surface area contributed by atoms with E-state index < -0.39 is 0 Å². The molecule has 2 fully saturated rings. The van der Waals surface area contributed by atoms with Gasteiger partial charge in [-0.2, -0.15) is 5.26 Å². The second-order valence-electron chi connectivity index (χ2n) is 7.91. The maximum atomic E-state index is 13.0. The van der Waals surface area contributed by atoms with Crippen LogP contribution in [0.2, 0.25) is 0 Å². The molecule has 2 saturated heterocycles. The number of nitriles is 1. The lowest BCUT2D eigenvalue weighted by Crippen LogP contribution is -2.55. The van der Waals surface area contributed by atoms with Gasteiger partial charge in [0.05, 0.1) is 11.6 Å². The van der Waals surface area contributed by atoms with Gasteiger partial charge in [-0.3, -0.25) is 4.79 Å². The molecule has 5 nitrogen and oxygen atoms in total. The summed E-state index contributed by atoms with van der Waals surface area (Å²) in [4.78, 5) is 27.7. The van der Waals surface area contributed by atoms with Crippen LogP contribution in [0, 0.1) is 17.2 Å². The number of piperidine rings is 2. The minimum atomic E-state index is -0.271. The zero-order valence-electron chi connectivity index (χ0n) is 16.3. The number of fused-ring (bicyclic) bond motifs is 2. The van der Waals surface area contributed by atoms with Gasteiger partial charge >= 0.3 is 6.09 Å². The van der Waals surface area contributed by atoms with Gasteiger partial charge in [0, 0.05) is 23.6 Å². The molecular formula is C24H24N2O3. The number of benzene rings is 2. The number of hydrogen-bond donors (Lipinski definition) is 0. The van der Waals surface area contributed by atoms with Crippen molar-refractivity contribution in [3.05, 3.63) is 71.3 Å². The first kappa shape index (κ1) is 19.2. The molecule has 2 heterocycles. The molecule has 1 amide bonds. The summed E-state index contributed by atoms with van der Waals surface area (Å²) in [6, 6.07) is 18.7. The number of Topliss-reactive ketones (excluding diaryl/α,β-unsaturated/α-hetero) is 1.